The maximum Gasteiger partial charge on any atom is 0.221 e. The second-order valence-corrected chi connectivity index (χ2v) is 11.5. The van der Waals surface area contributed by atoms with Crippen LogP contribution in [0, 0.1) is 0 Å². The van der Waals surface area contributed by atoms with Crippen LogP contribution in [0.1, 0.15) is 6.92 Å². The first-order valence-corrected chi connectivity index (χ1v) is 10.9. The summed E-state index contributed by atoms with van der Waals surface area (Å²) in [7, 11) is 0.241. The third-order valence-corrected chi connectivity index (χ3v) is 5.64. The van der Waals surface area contributed by atoms with E-state index in [1.54, 1.807) is 7.11 Å². The summed E-state index contributed by atoms with van der Waals surface area (Å²) in [6.45, 7) is 8.48. The molecule has 0 spiro atoms. The fourth-order valence-electron chi connectivity index (χ4n) is 2.32. The van der Waals surface area contributed by atoms with Gasteiger partial charge in [0, 0.05) is 18.2 Å². The Labute approximate surface area is 133 Å². The number of carbonyl (C=O) groups excluding carboxylic acids is 1. The average molecular weight is 313 g/mol. The van der Waals surface area contributed by atoms with Gasteiger partial charge in [0.1, 0.15) is 5.75 Å². The first kappa shape index (κ1) is 16.3. The number of ether oxygens (including phenoxy) is 1. The Morgan fingerprint density at radius 1 is 1.05 bits per heavy atom. The summed E-state index contributed by atoms with van der Waals surface area (Å²) < 4.78 is 5.21. The lowest BCUT2D eigenvalue weighted by Crippen LogP contribution is -2.37. The molecular weight excluding hydrogens is 290 g/mol. The summed E-state index contributed by atoms with van der Waals surface area (Å²) in [5.41, 5.74) is 2.97. The van der Waals surface area contributed by atoms with E-state index in [-0.39, 0.29) is 5.91 Å². The second-order valence-electron chi connectivity index (χ2n) is 6.42. The van der Waals surface area contributed by atoms with Gasteiger partial charge in [0.05, 0.1) is 15.2 Å². The molecule has 0 aliphatic carbocycles. The summed E-state index contributed by atoms with van der Waals surface area (Å²) >= 11 is 0. The maximum absolute atomic E-state index is 11.5. The highest BCUT2D eigenvalue weighted by Crippen LogP contribution is 2.29. The number of amides is 1. The molecule has 1 amide bonds. The van der Waals surface area contributed by atoms with E-state index in [0.29, 0.717) is 0 Å². The van der Waals surface area contributed by atoms with Crippen molar-refractivity contribution >= 4 is 24.9 Å². The Kier molecular flexibility index (Phi) is 4.71. The minimum atomic E-state index is -1.42. The number of methoxy groups -OCH3 is 1. The van der Waals surface area contributed by atoms with Crippen LogP contribution < -0.4 is 15.2 Å². The molecule has 0 fully saturated rings. The molecule has 0 saturated heterocycles. The quantitative estimate of drug-likeness (QED) is 0.870. The molecule has 0 radical (unpaired) electrons. The molecule has 0 aliphatic heterocycles. The van der Waals surface area contributed by atoms with Gasteiger partial charge in [-0.1, -0.05) is 49.1 Å². The monoisotopic (exact) mass is 313 g/mol. The van der Waals surface area contributed by atoms with Gasteiger partial charge < -0.3 is 10.1 Å². The number of anilines is 1. The SMILES string of the molecule is COc1ccc(-c2cc([Si](C)(C)C)ccc2NC(C)=O)cc1. The van der Waals surface area contributed by atoms with Crippen LogP contribution in [0.5, 0.6) is 5.75 Å². The molecule has 0 atom stereocenters. The van der Waals surface area contributed by atoms with Crippen LogP contribution >= 0.6 is 0 Å². The second kappa shape index (κ2) is 6.36. The lowest BCUT2D eigenvalue weighted by atomic mass is 10.0. The molecule has 3 nitrogen and oxygen atoms in total. The number of carbonyl (C=O) groups is 1. The molecule has 4 heteroatoms. The summed E-state index contributed by atoms with van der Waals surface area (Å²) in [5.74, 6) is 0.765. The molecule has 2 aromatic carbocycles. The first-order chi connectivity index (χ1) is 10.3. The van der Waals surface area contributed by atoms with E-state index in [2.05, 4.69) is 37.1 Å². The average Bonchev–Trinajstić information content (AvgIpc) is 2.46. The van der Waals surface area contributed by atoms with Crippen molar-refractivity contribution < 1.29 is 9.53 Å². The van der Waals surface area contributed by atoms with Crippen LogP contribution in [0.2, 0.25) is 19.6 Å². The molecular formula is C18H23NO2Si. The molecule has 22 heavy (non-hydrogen) atoms. The largest absolute Gasteiger partial charge is 0.497 e. The van der Waals surface area contributed by atoms with Gasteiger partial charge in [0.2, 0.25) is 5.91 Å². The molecule has 1 N–H and O–H groups in total. The Morgan fingerprint density at radius 3 is 2.18 bits per heavy atom. The highest BCUT2D eigenvalue weighted by molar-refractivity contribution is 6.88. The van der Waals surface area contributed by atoms with E-state index < -0.39 is 8.07 Å². The van der Waals surface area contributed by atoms with Crippen molar-refractivity contribution in [3.63, 3.8) is 0 Å². The molecule has 0 aliphatic rings. The fourth-order valence-corrected chi connectivity index (χ4v) is 3.48. The van der Waals surface area contributed by atoms with Gasteiger partial charge in [-0.15, -0.1) is 0 Å². The predicted molar refractivity (Wildman–Crippen MR) is 95.7 cm³/mol. The molecule has 2 aromatic rings. The van der Waals surface area contributed by atoms with E-state index in [0.717, 1.165) is 22.6 Å². The van der Waals surface area contributed by atoms with E-state index in [1.807, 2.05) is 30.3 Å². The van der Waals surface area contributed by atoms with Crippen LogP contribution in [0.15, 0.2) is 42.5 Å². The molecule has 0 heterocycles. The molecule has 0 unspecified atom stereocenters. The van der Waals surface area contributed by atoms with Gasteiger partial charge in [0.25, 0.3) is 0 Å². The zero-order chi connectivity index (χ0) is 16.3. The zero-order valence-corrected chi connectivity index (χ0v) is 14.9. The maximum atomic E-state index is 11.5. The number of nitrogens with one attached hydrogen (secondary N) is 1. The zero-order valence-electron chi connectivity index (χ0n) is 13.9. The Balaban J connectivity index is 2.54. The van der Waals surface area contributed by atoms with Crippen LogP contribution in [0.25, 0.3) is 11.1 Å². The van der Waals surface area contributed by atoms with E-state index >= 15 is 0 Å². The molecule has 0 aromatic heterocycles. The minimum Gasteiger partial charge on any atom is -0.497 e. The van der Waals surface area contributed by atoms with Crippen molar-refractivity contribution in [3.05, 3.63) is 42.5 Å². The van der Waals surface area contributed by atoms with Crippen molar-refractivity contribution in [3.8, 4) is 16.9 Å². The summed E-state index contributed by atoms with van der Waals surface area (Å²) in [6.07, 6.45) is 0. The van der Waals surface area contributed by atoms with Crippen LogP contribution in [0.3, 0.4) is 0 Å². The van der Waals surface area contributed by atoms with Crippen LogP contribution in [-0.2, 0) is 4.79 Å². The first-order valence-electron chi connectivity index (χ1n) is 7.38. The lowest BCUT2D eigenvalue weighted by Gasteiger charge is -2.20. The van der Waals surface area contributed by atoms with Gasteiger partial charge >= 0.3 is 0 Å². The summed E-state index contributed by atoms with van der Waals surface area (Å²) in [4.78, 5) is 11.5. The number of benzene rings is 2. The smallest absolute Gasteiger partial charge is 0.221 e. The topological polar surface area (TPSA) is 38.3 Å². The molecule has 0 bridgehead atoms. The highest BCUT2D eigenvalue weighted by atomic mass is 28.3. The van der Waals surface area contributed by atoms with Crippen molar-refractivity contribution in [1.29, 1.82) is 0 Å². The third-order valence-electron chi connectivity index (χ3n) is 3.60. The van der Waals surface area contributed by atoms with Crippen molar-refractivity contribution in [1.82, 2.24) is 0 Å². The normalized spacial score (nSPS) is 11.1. The van der Waals surface area contributed by atoms with Gasteiger partial charge in [0.15, 0.2) is 0 Å². The lowest BCUT2D eigenvalue weighted by molar-refractivity contribution is -0.114. The minimum absolute atomic E-state index is 0.0597. The van der Waals surface area contributed by atoms with Gasteiger partial charge in [-0.05, 0) is 23.8 Å². The van der Waals surface area contributed by atoms with Crippen LogP contribution in [-0.4, -0.2) is 21.1 Å². The van der Waals surface area contributed by atoms with Gasteiger partial charge in [-0.3, -0.25) is 4.79 Å². The Hall–Kier alpha value is -2.07. The van der Waals surface area contributed by atoms with Crippen molar-refractivity contribution in [2.75, 3.05) is 12.4 Å². The molecule has 116 valence electrons. The third kappa shape index (κ3) is 3.77. The Bertz CT molecular complexity index is 672. The van der Waals surface area contributed by atoms with Crippen molar-refractivity contribution in [2.24, 2.45) is 0 Å². The molecule has 2 rings (SSSR count). The summed E-state index contributed by atoms with van der Waals surface area (Å²) in [5, 5.41) is 4.29. The summed E-state index contributed by atoms with van der Waals surface area (Å²) in [6, 6.07) is 14.3. The fraction of sp³-hybridized carbons (Fsp3) is 0.278. The highest BCUT2D eigenvalue weighted by Gasteiger charge is 2.18. The van der Waals surface area contributed by atoms with Gasteiger partial charge in [-0.25, -0.2) is 0 Å². The number of hydrogen-bond donors (Lipinski definition) is 1. The van der Waals surface area contributed by atoms with E-state index in [4.69, 9.17) is 4.74 Å². The van der Waals surface area contributed by atoms with Gasteiger partial charge in [-0.2, -0.15) is 0 Å². The van der Waals surface area contributed by atoms with E-state index in [9.17, 15) is 4.79 Å². The number of hydrogen-bond acceptors (Lipinski definition) is 2. The van der Waals surface area contributed by atoms with Crippen LogP contribution in [0.4, 0.5) is 5.69 Å². The van der Waals surface area contributed by atoms with E-state index in [1.165, 1.54) is 12.1 Å². The molecule has 0 saturated carbocycles. The van der Waals surface area contributed by atoms with Crippen molar-refractivity contribution in [2.45, 2.75) is 26.6 Å². The standard InChI is InChI=1S/C18H23NO2Si/c1-13(20)19-18-11-10-16(22(3,4)5)12-17(18)14-6-8-15(21-2)9-7-14/h6-12H,1-5H3,(H,19,20). The predicted octanol–water partition coefficient (Wildman–Crippen LogP) is 3.87. The number of rotatable bonds is 4. The Morgan fingerprint density at radius 2 is 1.68 bits per heavy atom.